The zero-order chi connectivity index (χ0) is 9.14. The maximum atomic E-state index is 8.92. The minimum atomic E-state index is -1.57. The van der Waals surface area contributed by atoms with Gasteiger partial charge >= 0.3 is 7.12 Å². The zero-order valence-electron chi connectivity index (χ0n) is 6.65. The summed E-state index contributed by atoms with van der Waals surface area (Å²) in [5, 5.41) is 26.5. The van der Waals surface area contributed by atoms with Gasteiger partial charge in [0.1, 0.15) is 0 Å². The van der Waals surface area contributed by atoms with E-state index in [2.05, 4.69) is 0 Å². The molecule has 4 heteroatoms. The molecule has 0 atom stereocenters. The van der Waals surface area contributed by atoms with Gasteiger partial charge in [0.15, 0.2) is 0 Å². The predicted octanol–water partition coefficient (Wildman–Crippen LogP) is -0.454. The minimum Gasteiger partial charge on any atom is -0.423 e. The molecule has 0 radical (unpaired) electrons. The van der Waals surface area contributed by atoms with Crippen LogP contribution in [0.5, 0.6) is 0 Å². The molecule has 0 aliphatic heterocycles. The largest absolute Gasteiger partial charge is 0.490 e. The molecule has 1 rings (SSSR count). The van der Waals surface area contributed by atoms with E-state index in [4.69, 9.17) is 15.3 Å². The summed E-state index contributed by atoms with van der Waals surface area (Å²) in [6.45, 7) is 1.73. The van der Waals surface area contributed by atoms with E-state index in [1.54, 1.807) is 25.1 Å². The molecular formula is C8H8BNO2. The van der Waals surface area contributed by atoms with E-state index in [0.29, 0.717) is 16.6 Å². The van der Waals surface area contributed by atoms with Crippen molar-refractivity contribution in [2.75, 3.05) is 0 Å². The summed E-state index contributed by atoms with van der Waals surface area (Å²) in [7, 11) is -1.57. The Kier molecular flexibility index (Phi) is 2.49. The molecule has 1 aromatic rings. The molecule has 2 N–H and O–H groups in total. The van der Waals surface area contributed by atoms with Gasteiger partial charge in [-0.2, -0.15) is 5.26 Å². The van der Waals surface area contributed by atoms with Crippen LogP contribution in [0.25, 0.3) is 0 Å². The van der Waals surface area contributed by atoms with E-state index in [1.807, 2.05) is 6.07 Å². The second-order valence-electron chi connectivity index (χ2n) is 2.52. The van der Waals surface area contributed by atoms with Crippen LogP contribution in [0.2, 0.25) is 0 Å². The van der Waals surface area contributed by atoms with Gasteiger partial charge in [-0.15, -0.1) is 0 Å². The van der Waals surface area contributed by atoms with Crippen LogP contribution in [0, 0.1) is 18.3 Å². The first-order valence-corrected chi connectivity index (χ1v) is 3.52. The van der Waals surface area contributed by atoms with Crippen molar-refractivity contribution < 1.29 is 10.0 Å². The first-order valence-electron chi connectivity index (χ1n) is 3.52. The van der Waals surface area contributed by atoms with Crippen LogP contribution in [0.1, 0.15) is 11.1 Å². The lowest BCUT2D eigenvalue weighted by Gasteiger charge is -2.05. The summed E-state index contributed by atoms with van der Waals surface area (Å²) in [6.07, 6.45) is 0. The summed E-state index contributed by atoms with van der Waals surface area (Å²) in [5.74, 6) is 0. The van der Waals surface area contributed by atoms with Crippen LogP contribution in [0.4, 0.5) is 0 Å². The van der Waals surface area contributed by atoms with Crippen LogP contribution in [-0.4, -0.2) is 17.2 Å². The highest BCUT2D eigenvalue weighted by atomic mass is 16.4. The average molecular weight is 161 g/mol. The molecule has 0 spiro atoms. The second-order valence-corrected chi connectivity index (χ2v) is 2.52. The molecule has 0 aromatic heterocycles. The Morgan fingerprint density at radius 1 is 1.42 bits per heavy atom. The molecule has 0 saturated carbocycles. The van der Waals surface area contributed by atoms with E-state index in [-0.39, 0.29) is 0 Å². The fourth-order valence-electron chi connectivity index (χ4n) is 1.12. The lowest BCUT2D eigenvalue weighted by atomic mass is 9.74. The van der Waals surface area contributed by atoms with E-state index >= 15 is 0 Å². The van der Waals surface area contributed by atoms with Gasteiger partial charge < -0.3 is 10.0 Å². The summed E-state index contributed by atoms with van der Waals surface area (Å²) in [5.41, 5.74) is 1.31. The van der Waals surface area contributed by atoms with Gasteiger partial charge in [-0.1, -0.05) is 17.7 Å². The molecule has 0 aliphatic carbocycles. The molecule has 0 aliphatic rings. The van der Waals surface area contributed by atoms with Crippen LogP contribution < -0.4 is 5.46 Å². The van der Waals surface area contributed by atoms with Crippen molar-refractivity contribution in [3.63, 3.8) is 0 Å². The number of nitrogens with zero attached hydrogens (tertiary/aromatic N) is 1. The topological polar surface area (TPSA) is 64.2 Å². The Morgan fingerprint density at radius 3 is 2.50 bits per heavy atom. The molecule has 0 heterocycles. The molecule has 0 bridgehead atoms. The third-order valence-corrected chi connectivity index (χ3v) is 1.70. The quantitative estimate of drug-likeness (QED) is 0.548. The number of benzene rings is 1. The van der Waals surface area contributed by atoms with Crippen molar-refractivity contribution in [2.45, 2.75) is 6.92 Å². The summed E-state index contributed by atoms with van der Waals surface area (Å²) >= 11 is 0. The number of hydrogen-bond donors (Lipinski definition) is 2. The SMILES string of the molecule is Cc1cccc(C#N)c1B(O)O. The van der Waals surface area contributed by atoms with Crippen molar-refractivity contribution in [1.29, 1.82) is 5.26 Å². The summed E-state index contributed by atoms with van der Waals surface area (Å²) < 4.78 is 0. The molecule has 3 nitrogen and oxygen atoms in total. The zero-order valence-corrected chi connectivity index (χ0v) is 6.65. The van der Waals surface area contributed by atoms with Crippen molar-refractivity contribution >= 4 is 12.6 Å². The van der Waals surface area contributed by atoms with Crippen molar-refractivity contribution in [3.05, 3.63) is 29.3 Å². The Balaban J connectivity index is 3.32. The van der Waals surface area contributed by atoms with Gasteiger partial charge in [0, 0.05) is 5.46 Å². The Hall–Kier alpha value is -1.31. The van der Waals surface area contributed by atoms with Crippen LogP contribution >= 0.6 is 0 Å². The fraction of sp³-hybridized carbons (Fsp3) is 0.125. The molecule has 0 unspecified atom stereocenters. The van der Waals surface area contributed by atoms with Crippen molar-refractivity contribution in [2.24, 2.45) is 0 Å². The van der Waals surface area contributed by atoms with E-state index in [1.165, 1.54) is 0 Å². The molecule has 1 aromatic carbocycles. The molecule has 0 amide bonds. The van der Waals surface area contributed by atoms with Gasteiger partial charge in [-0.05, 0) is 13.0 Å². The van der Waals surface area contributed by atoms with Gasteiger partial charge in [0.05, 0.1) is 11.6 Å². The normalized spacial score (nSPS) is 9.17. The Labute approximate surface area is 71.0 Å². The van der Waals surface area contributed by atoms with Gasteiger partial charge in [0.2, 0.25) is 0 Å². The van der Waals surface area contributed by atoms with Crippen molar-refractivity contribution in [3.8, 4) is 6.07 Å². The summed E-state index contributed by atoms with van der Waals surface area (Å²) in [4.78, 5) is 0. The lowest BCUT2D eigenvalue weighted by molar-refractivity contribution is 0.425. The maximum Gasteiger partial charge on any atom is 0.490 e. The molecule has 0 saturated heterocycles. The molecule has 12 heavy (non-hydrogen) atoms. The maximum absolute atomic E-state index is 8.92. The lowest BCUT2D eigenvalue weighted by Crippen LogP contribution is -2.34. The number of hydrogen-bond acceptors (Lipinski definition) is 3. The van der Waals surface area contributed by atoms with Crippen molar-refractivity contribution in [1.82, 2.24) is 0 Å². The highest BCUT2D eigenvalue weighted by Gasteiger charge is 2.17. The highest BCUT2D eigenvalue weighted by molar-refractivity contribution is 6.60. The van der Waals surface area contributed by atoms with Gasteiger partial charge in [-0.25, -0.2) is 0 Å². The van der Waals surface area contributed by atoms with Gasteiger partial charge in [0.25, 0.3) is 0 Å². The molecule has 60 valence electrons. The first kappa shape index (κ1) is 8.79. The monoisotopic (exact) mass is 161 g/mol. The number of rotatable bonds is 1. The molecular weight excluding hydrogens is 153 g/mol. The third-order valence-electron chi connectivity index (χ3n) is 1.70. The average Bonchev–Trinajstić information content (AvgIpc) is 2.03. The van der Waals surface area contributed by atoms with Crippen LogP contribution in [0.3, 0.4) is 0 Å². The third kappa shape index (κ3) is 1.47. The summed E-state index contributed by atoms with van der Waals surface area (Å²) in [6, 6.07) is 6.89. The standard InChI is InChI=1S/C8H8BNO2/c1-6-3-2-4-7(5-10)8(6)9(11)12/h2-4,11-12H,1H3. The Morgan fingerprint density at radius 2 is 2.08 bits per heavy atom. The van der Waals surface area contributed by atoms with E-state index in [0.717, 1.165) is 0 Å². The highest BCUT2D eigenvalue weighted by Crippen LogP contribution is 2.00. The second kappa shape index (κ2) is 3.39. The fourth-order valence-corrected chi connectivity index (χ4v) is 1.12. The minimum absolute atomic E-state index is 0.292. The van der Waals surface area contributed by atoms with E-state index in [9.17, 15) is 0 Å². The van der Waals surface area contributed by atoms with Crippen LogP contribution in [0.15, 0.2) is 18.2 Å². The van der Waals surface area contributed by atoms with Gasteiger partial charge in [-0.3, -0.25) is 0 Å². The number of aryl methyl sites for hydroxylation is 1. The first-order chi connectivity index (χ1) is 5.66. The van der Waals surface area contributed by atoms with Crippen LogP contribution in [-0.2, 0) is 0 Å². The van der Waals surface area contributed by atoms with E-state index < -0.39 is 7.12 Å². The molecule has 0 fully saturated rings. The number of nitriles is 1. The smallest absolute Gasteiger partial charge is 0.423 e. The Bertz CT molecular complexity index is 330. The predicted molar refractivity (Wildman–Crippen MR) is 45.7 cm³/mol.